The number of nitrogens with zero attached hydrogens (tertiary/aromatic N) is 2. The molecule has 1 heterocycles. The molecule has 4 heteroatoms. The fourth-order valence-corrected chi connectivity index (χ4v) is 1.01. The topological polar surface area (TPSA) is 53.3 Å². The van der Waals surface area contributed by atoms with Crippen LogP contribution in [0.25, 0.3) is 0 Å². The Balaban J connectivity index is 2.47. The Hall–Kier alpha value is -1.08. The van der Waals surface area contributed by atoms with Crippen LogP contribution in [0.15, 0.2) is 0 Å². The predicted molar refractivity (Wildman–Crippen MR) is 37.6 cm³/mol. The number of amides is 1. The highest BCUT2D eigenvalue weighted by Gasteiger charge is 2.20. The average Bonchev–Trinajstić information content (AvgIpc) is 2.05. The van der Waals surface area contributed by atoms with Crippen molar-refractivity contribution in [2.45, 2.75) is 13.0 Å². The molecule has 0 bridgehead atoms. The van der Waals surface area contributed by atoms with E-state index in [9.17, 15) is 4.79 Å². The van der Waals surface area contributed by atoms with E-state index in [0.717, 1.165) is 0 Å². The minimum atomic E-state index is -0.437. The van der Waals surface area contributed by atoms with Gasteiger partial charge in [-0.15, -0.1) is 0 Å². The van der Waals surface area contributed by atoms with Gasteiger partial charge in [0.05, 0.1) is 19.2 Å². The second-order valence-corrected chi connectivity index (χ2v) is 2.45. The van der Waals surface area contributed by atoms with Gasteiger partial charge >= 0.3 is 0 Å². The molecule has 0 saturated carbocycles. The van der Waals surface area contributed by atoms with E-state index < -0.39 is 6.10 Å². The van der Waals surface area contributed by atoms with E-state index in [0.29, 0.717) is 19.7 Å². The Labute approximate surface area is 65.4 Å². The minimum absolute atomic E-state index is 0.00792. The zero-order valence-electron chi connectivity index (χ0n) is 6.41. The number of nitriles is 1. The summed E-state index contributed by atoms with van der Waals surface area (Å²) in [5, 5.41) is 8.48. The van der Waals surface area contributed by atoms with Gasteiger partial charge in [0.2, 0.25) is 5.91 Å². The first kappa shape index (κ1) is 8.02. The second kappa shape index (κ2) is 3.35. The lowest BCUT2D eigenvalue weighted by Gasteiger charge is -2.28. The van der Waals surface area contributed by atoms with Crippen molar-refractivity contribution in [1.29, 1.82) is 5.26 Å². The van der Waals surface area contributed by atoms with Crippen molar-refractivity contribution in [2.75, 3.05) is 19.7 Å². The van der Waals surface area contributed by atoms with Crippen LogP contribution in [0.3, 0.4) is 0 Å². The van der Waals surface area contributed by atoms with E-state index in [-0.39, 0.29) is 5.91 Å². The Morgan fingerprint density at radius 2 is 2.55 bits per heavy atom. The quantitative estimate of drug-likeness (QED) is 0.483. The summed E-state index contributed by atoms with van der Waals surface area (Å²) in [5.41, 5.74) is 0. The van der Waals surface area contributed by atoms with Crippen LogP contribution in [0.2, 0.25) is 0 Å². The van der Waals surface area contributed by atoms with Crippen LogP contribution >= 0.6 is 0 Å². The van der Waals surface area contributed by atoms with Crippen LogP contribution in [0.5, 0.6) is 0 Å². The van der Waals surface area contributed by atoms with Gasteiger partial charge in [0, 0.05) is 13.5 Å². The summed E-state index contributed by atoms with van der Waals surface area (Å²) >= 11 is 0. The summed E-state index contributed by atoms with van der Waals surface area (Å²) in [5.74, 6) is 0.00792. The molecule has 1 aliphatic rings. The largest absolute Gasteiger partial charge is 0.360 e. The van der Waals surface area contributed by atoms with E-state index in [2.05, 4.69) is 0 Å². The summed E-state index contributed by atoms with van der Waals surface area (Å²) in [6, 6.07) is 1.97. The third-order valence-electron chi connectivity index (χ3n) is 1.66. The Kier molecular flexibility index (Phi) is 2.44. The molecule has 1 saturated heterocycles. The van der Waals surface area contributed by atoms with Gasteiger partial charge in [-0.25, -0.2) is 0 Å². The van der Waals surface area contributed by atoms with Crippen molar-refractivity contribution in [1.82, 2.24) is 4.90 Å². The summed E-state index contributed by atoms with van der Waals surface area (Å²) in [6.45, 7) is 2.98. The van der Waals surface area contributed by atoms with Crippen molar-refractivity contribution in [3.8, 4) is 6.07 Å². The number of rotatable bonds is 0. The molecule has 0 spiro atoms. The van der Waals surface area contributed by atoms with Crippen molar-refractivity contribution in [3.05, 3.63) is 0 Å². The van der Waals surface area contributed by atoms with Gasteiger partial charge in [0.15, 0.2) is 6.10 Å². The Morgan fingerprint density at radius 3 is 3.09 bits per heavy atom. The fraction of sp³-hybridized carbons (Fsp3) is 0.714. The summed E-state index contributed by atoms with van der Waals surface area (Å²) in [7, 11) is 0. The summed E-state index contributed by atoms with van der Waals surface area (Å²) in [6.07, 6.45) is -0.437. The molecule has 60 valence electrons. The molecule has 1 unspecified atom stereocenters. The van der Waals surface area contributed by atoms with Gasteiger partial charge in [-0.3, -0.25) is 4.79 Å². The lowest BCUT2D eigenvalue weighted by Crippen LogP contribution is -2.44. The summed E-state index contributed by atoms with van der Waals surface area (Å²) < 4.78 is 5.05. The van der Waals surface area contributed by atoms with Gasteiger partial charge in [-0.1, -0.05) is 0 Å². The van der Waals surface area contributed by atoms with E-state index in [4.69, 9.17) is 10.00 Å². The van der Waals surface area contributed by atoms with Crippen molar-refractivity contribution in [3.63, 3.8) is 0 Å². The van der Waals surface area contributed by atoms with Crippen LogP contribution in [-0.4, -0.2) is 36.6 Å². The first-order chi connectivity index (χ1) is 5.24. The van der Waals surface area contributed by atoms with Gasteiger partial charge in [0.1, 0.15) is 0 Å². The SMILES string of the molecule is CC(=O)N1CCOC(C#N)C1. The molecule has 1 fully saturated rings. The van der Waals surface area contributed by atoms with Gasteiger partial charge in [-0.05, 0) is 0 Å². The standard InChI is InChI=1S/C7H10N2O2/c1-6(10)9-2-3-11-7(4-8)5-9/h7H,2-3,5H2,1H3. The molecular formula is C7H10N2O2. The molecule has 11 heavy (non-hydrogen) atoms. The molecule has 1 aliphatic heterocycles. The van der Waals surface area contributed by atoms with E-state index in [1.54, 1.807) is 4.90 Å². The van der Waals surface area contributed by atoms with Crippen molar-refractivity contribution < 1.29 is 9.53 Å². The molecule has 0 aromatic heterocycles. The first-order valence-corrected chi connectivity index (χ1v) is 3.51. The summed E-state index contributed by atoms with van der Waals surface area (Å²) in [4.78, 5) is 12.4. The maximum atomic E-state index is 10.8. The molecule has 0 aliphatic carbocycles. The lowest BCUT2D eigenvalue weighted by molar-refractivity contribution is -0.134. The van der Waals surface area contributed by atoms with Crippen LogP contribution in [0.1, 0.15) is 6.92 Å². The maximum Gasteiger partial charge on any atom is 0.219 e. The zero-order chi connectivity index (χ0) is 8.27. The number of hydrogen-bond donors (Lipinski definition) is 0. The number of morpholine rings is 1. The van der Waals surface area contributed by atoms with Gasteiger partial charge in [-0.2, -0.15) is 5.26 Å². The van der Waals surface area contributed by atoms with E-state index in [1.807, 2.05) is 6.07 Å². The van der Waals surface area contributed by atoms with Gasteiger partial charge < -0.3 is 9.64 Å². The van der Waals surface area contributed by atoms with E-state index >= 15 is 0 Å². The highest BCUT2D eigenvalue weighted by molar-refractivity contribution is 5.73. The highest BCUT2D eigenvalue weighted by Crippen LogP contribution is 2.03. The second-order valence-electron chi connectivity index (χ2n) is 2.45. The molecule has 1 atom stereocenters. The molecule has 4 nitrogen and oxygen atoms in total. The number of carbonyl (C=O) groups excluding carboxylic acids is 1. The maximum absolute atomic E-state index is 10.8. The Bertz CT molecular complexity index is 197. The van der Waals surface area contributed by atoms with Crippen LogP contribution in [-0.2, 0) is 9.53 Å². The van der Waals surface area contributed by atoms with Crippen molar-refractivity contribution in [2.24, 2.45) is 0 Å². The fourth-order valence-electron chi connectivity index (χ4n) is 1.01. The Morgan fingerprint density at radius 1 is 1.82 bits per heavy atom. The molecule has 1 rings (SSSR count). The van der Waals surface area contributed by atoms with Crippen molar-refractivity contribution >= 4 is 5.91 Å². The third kappa shape index (κ3) is 1.92. The molecule has 0 N–H and O–H groups in total. The smallest absolute Gasteiger partial charge is 0.219 e. The molecular weight excluding hydrogens is 144 g/mol. The normalized spacial score (nSPS) is 24.4. The number of ether oxygens (including phenoxy) is 1. The predicted octanol–water partition coefficient (Wildman–Crippen LogP) is -0.243. The van der Waals surface area contributed by atoms with E-state index in [1.165, 1.54) is 6.92 Å². The lowest BCUT2D eigenvalue weighted by atomic mass is 10.3. The van der Waals surface area contributed by atoms with Gasteiger partial charge in [0.25, 0.3) is 0 Å². The third-order valence-corrected chi connectivity index (χ3v) is 1.66. The molecule has 0 aromatic rings. The molecule has 1 amide bonds. The monoisotopic (exact) mass is 154 g/mol. The van der Waals surface area contributed by atoms with Crippen LogP contribution in [0.4, 0.5) is 0 Å². The number of carbonyl (C=O) groups is 1. The van der Waals surface area contributed by atoms with Crippen LogP contribution in [0, 0.1) is 11.3 Å². The molecule has 0 aromatic carbocycles. The molecule has 0 radical (unpaired) electrons. The highest BCUT2D eigenvalue weighted by atomic mass is 16.5. The average molecular weight is 154 g/mol. The van der Waals surface area contributed by atoms with Crippen LogP contribution < -0.4 is 0 Å². The first-order valence-electron chi connectivity index (χ1n) is 3.51. The minimum Gasteiger partial charge on any atom is -0.360 e. The zero-order valence-corrected chi connectivity index (χ0v) is 6.41. The number of hydrogen-bond acceptors (Lipinski definition) is 3.